The molecule has 1 saturated carbocycles. The van der Waals surface area contributed by atoms with Crippen molar-refractivity contribution in [1.82, 2.24) is 5.32 Å². The molecule has 1 fully saturated rings. The zero-order valence-electron chi connectivity index (χ0n) is 23.8. The summed E-state index contributed by atoms with van der Waals surface area (Å²) in [5.41, 5.74) is 1.26. The topological polar surface area (TPSA) is 122 Å². The molecule has 0 aliphatic heterocycles. The molecule has 0 radical (unpaired) electrons. The van der Waals surface area contributed by atoms with Gasteiger partial charge >= 0.3 is 0 Å². The zero-order chi connectivity index (χ0) is 28.6. The fraction of sp³-hybridized carbons (Fsp3) is 0.645. The van der Waals surface area contributed by atoms with Crippen molar-refractivity contribution in [2.45, 2.75) is 96.9 Å². The van der Waals surface area contributed by atoms with E-state index in [1.54, 1.807) is 6.92 Å². The highest BCUT2D eigenvalue weighted by Crippen LogP contribution is 2.37. The number of aliphatic hydroxyl groups is 2. The Morgan fingerprint density at radius 2 is 1.90 bits per heavy atom. The molecule has 0 bridgehead atoms. The van der Waals surface area contributed by atoms with Crippen LogP contribution in [0.1, 0.15) is 77.7 Å². The van der Waals surface area contributed by atoms with Gasteiger partial charge in [-0.05, 0) is 82.1 Å². The van der Waals surface area contributed by atoms with Gasteiger partial charge in [0.15, 0.2) is 0 Å². The second-order valence-electron chi connectivity index (χ2n) is 10.9. The molecule has 2 rings (SSSR count). The maximum atomic E-state index is 11.6. The average Bonchev–Trinajstić information content (AvgIpc) is 3.16. The summed E-state index contributed by atoms with van der Waals surface area (Å²) >= 11 is 0. The molecule has 8 nitrogen and oxygen atoms in total. The highest BCUT2D eigenvalue weighted by atomic mass is 17.0. The number of aliphatic hydroxyl groups excluding tert-OH is 2. The minimum Gasteiger partial charge on any atom is -0.393 e. The molecule has 8 heteroatoms. The number of hydrogen-bond acceptors (Lipinski definition) is 6. The summed E-state index contributed by atoms with van der Waals surface area (Å²) < 4.78 is 0. The van der Waals surface area contributed by atoms with Crippen molar-refractivity contribution in [3.63, 3.8) is 0 Å². The lowest BCUT2D eigenvalue weighted by atomic mass is 9.82. The van der Waals surface area contributed by atoms with Crippen LogP contribution in [0.4, 0.5) is 0 Å². The Kier molecular flexibility index (Phi) is 14.8. The van der Waals surface area contributed by atoms with Crippen molar-refractivity contribution in [3.05, 3.63) is 70.3 Å². The minimum absolute atomic E-state index is 0.0607. The van der Waals surface area contributed by atoms with Crippen LogP contribution in [-0.4, -0.2) is 46.1 Å². The van der Waals surface area contributed by atoms with Crippen molar-refractivity contribution < 1.29 is 24.9 Å². The van der Waals surface area contributed by atoms with Gasteiger partial charge < -0.3 is 20.4 Å². The van der Waals surface area contributed by atoms with E-state index in [0.29, 0.717) is 32.2 Å². The molecule has 0 heterocycles. The molecule has 1 amide bonds. The second-order valence-corrected chi connectivity index (χ2v) is 10.9. The number of amides is 1. The van der Waals surface area contributed by atoms with Crippen LogP contribution in [0.5, 0.6) is 0 Å². The zero-order valence-corrected chi connectivity index (χ0v) is 23.8. The Hall–Kier alpha value is -2.71. The fourth-order valence-corrected chi connectivity index (χ4v) is 5.47. The van der Waals surface area contributed by atoms with Gasteiger partial charge in [0.05, 0.1) is 12.2 Å². The lowest BCUT2D eigenvalue weighted by Crippen LogP contribution is -2.22. The van der Waals surface area contributed by atoms with Crippen LogP contribution in [-0.2, 0) is 16.1 Å². The summed E-state index contributed by atoms with van der Waals surface area (Å²) in [6.45, 7) is 6.44. The molecule has 3 N–H and O–H groups in total. The van der Waals surface area contributed by atoms with E-state index < -0.39 is 23.4 Å². The normalized spacial score (nSPS) is 23.6. The number of nitrogens with zero attached hydrogens (tertiary/aromatic N) is 1. The highest BCUT2D eigenvalue weighted by molar-refractivity contribution is 5.75. The molecule has 1 aromatic rings. The molecule has 0 spiro atoms. The van der Waals surface area contributed by atoms with Crippen LogP contribution in [0.15, 0.2) is 54.6 Å². The quantitative estimate of drug-likeness (QED) is 0.0982. The molecular formula is C31H48N2O6. The first-order chi connectivity index (χ1) is 18.7. The van der Waals surface area contributed by atoms with Crippen molar-refractivity contribution in [2.75, 3.05) is 6.54 Å². The van der Waals surface area contributed by atoms with Crippen molar-refractivity contribution in [3.8, 4) is 0 Å². The fourth-order valence-electron chi connectivity index (χ4n) is 5.47. The summed E-state index contributed by atoms with van der Waals surface area (Å²) in [6.07, 6.45) is 13.2. The van der Waals surface area contributed by atoms with Gasteiger partial charge in [-0.2, -0.15) is 0 Å². The molecule has 1 unspecified atom stereocenters. The Balaban J connectivity index is 2.01. The number of nitrogens with one attached hydrogen (secondary N) is 1. The number of unbranched alkanes of at least 4 members (excludes halogenated alkanes) is 1. The minimum atomic E-state index is -0.729. The van der Waals surface area contributed by atoms with E-state index in [-0.39, 0.29) is 29.6 Å². The monoisotopic (exact) mass is 544 g/mol. The first-order valence-electron chi connectivity index (χ1n) is 14.5. The number of benzene rings is 1. The van der Waals surface area contributed by atoms with Crippen molar-refractivity contribution >= 4 is 5.91 Å². The second kappa shape index (κ2) is 17.8. The van der Waals surface area contributed by atoms with Gasteiger partial charge in [0.2, 0.25) is 5.91 Å². The molecule has 0 saturated heterocycles. The van der Waals surface area contributed by atoms with Gasteiger partial charge in [0.25, 0.3) is 5.09 Å². The smallest absolute Gasteiger partial charge is 0.294 e. The Morgan fingerprint density at radius 3 is 2.59 bits per heavy atom. The summed E-state index contributed by atoms with van der Waals surface area (Å²) in [5, 5.41) is 34.1. The van der Waals surface area contributed by atoms with Crippen LogP contribution in [0.2, 0.25) is 0 Å². The number of carbonyl (C=O) groups excluding carboxylic acids is 1. The summed E-state index contributed by atoms with van der Waals surface area (Å²) in [6, 6.07) is 10.3. The molecule has 7 atom stereocenters. The van der Waals surface area contributed by atoms with Gasteiger partial charge in [-0.3, -0.25) is 4.79 Å². The molecule has 1 aromatic carbocycles. The number of hydrogen-bond donors (Lipinski definition) is 3. The first kappa shape index (κ1) is 32.5. The largest absolute Gasteiger partial charge is 0.393 e. The van der Waals surface area contributed by atoms with Crippen molar-refractivity contribution in [1.29, 1.82) is 0 Å². The number of aryl methyl sites for hydroxylation is 1. The first-order valence-corrected chi connectivity index (χ1v) is 14.5. The van der Waals surface area contributed by atoms with Crippen molar-refractivity contribution in [2.24, 2.45) is 23.7 Å². The molecular weight excluding hydrogens is 496 g/mol. The number of rotatable bonds is 18. The molecule has 39 heavy (non-hydrogen) atoms. The van der Waals surface area contributed by atoms with Crippen LogP contribution < -0.4 is 5.32 Å². The lowest BCUT2D eigenvalue weighted by molar-refractivity contribution is -0.767. The van der Waals surface area contributed by atoms with Crippen LogP contribution in [0.25, 0.3) is 0 Å². The molecule has 218 valence electrons. The Labute approximate surface area is 233 Å². The van der Waals surface area contributed by atoms with Gasteiger partial charge in [-0.1, -0.05) is 61.6 Å². The maximum absolute atomic E-state index is 11.6. The van der Waals surface area contributed by atoms with E-state index in [1.165, 1.54) is 5.56 Å². The van der Waals surface area contributed by atoms with E-state index in [1.807, 2.05) is 25.1 Å². The summed E-state index contributed by atoms with van der Waals surface area (Å²) in [7, 11) is 0. The SMILES string of the molecule is CCNC(=O)CCC/C=C\C[C@@H]1[C@@H](/C=C/[C@@H](CCc2ccccc2)C(C)CC[C@H](C)O[N+](=O)[O-])[C@H](O)C[C@@H]1O. The van der Waals surface area contributed by atoms with Gasteiger partial charge in [0.1, 0.15) is 6.10 Å². The predicted octanol–water partition coefficient (Wildman–Crippen LogP) is 5.42. The van der Waals surface area contributed by atoms with Crippen LogP contribution in [0, 0.1) is 33.8 Å². The standard InChI is InChI=1S/C31H48N2O6/c1-4-32-31(36)15-11-6-5-10-14-27-28(30(35)22-29(27)34)21-20-26(19-18-25-12-8-7-9-13-25)23(2)16-17-24(3)39-33(37)38/h5,7-10,12-13,20-21,23-24,26-30,34-35H,4,6,11,14-19,22H2,1-3H3,(H,32,36)/b10-5-,21-20+/t23?,24-,26+,27+,28+,29-,30+/m0/s1. The third-order valence-corrected chi connectivity index (χ3v) is 7.85. The van der Waals surface area contributed by atoms with E-state index in [9.17, 15) is 25.1 Å². The highest BCUT2D eigenvalue weighted by Gasteiger charge is 2.39. The summed E-state index contributed by atoms with van der Waals surface area (Å²) in [4.78, 5) is 27.0. The third-order valence-electron chi connectivity index (χ3n) is 7.85. The van der Waals surface area contributed by atoms with E-state index in [4.69, 9.17) is 4.84 Å². The molecule has 1 aliphatic rings. The van der Waals surface area contributed by atoms with Gasteiger partial charge in [0, 0.05) is 25.3 Å². The predicted molar refractivity (Wildman–Crippen MR) is 153 cm³/mol. The average molecular weight is 545 g/mol. The summed E-state index contributed by atoms with van der Waals surface area (Å²) in [5.74, 6) is 0.372. The number of allylic oxidation sites excluding steroid dienone is 3. The van der Waals surface area contributed by atoms with E-state index in [0.717, 1.165) is 32.1 Å². The van der Waals surface area contributed by atoms with Crippen LogP contribution >= 0.6 is 0 Å². The lowest BCUT2D eigenvalue weighted by Gasteiger charge is -2.24. The molecule has 0 aromatic heterocycles. The molecule has 1 aliphatic carbocycles. The van der Waals surface area contributed by atoms with Gasteiger partial charge in [-0.25, -0.2) is 0 Å². The third kappa shape index (κ3) is 12.3. The van der Waals surface area contributed by atoms with E-state index >= 15 is 0 Å². The van der Waals surface area contributed by atoms with Gasteiger partial charge in [-0.15, -0.1) is 10.1 Å². The van der Waals surface area contributed by atoms with E-state index in [2.05, 4.69) is 48.7 Å². The Bertz CT molecular complexity index is 906. The Morgan fingerprint density at radius 1 is 1.15 bits per heavy atom. The number of carbonyl (C=O) groups is 1. The van der Waals surface area contributed by atoms with Crippen LogP contribution in [0.3, 0.4) is 0 Å². The maximum Gasteiger partial charge on any atom is 0.294 e.